The molecule has 4 aromatic rings. The zero-order chi connectivity index (χ0) is 37.1. The largest absolute Gasteiger partial charge is 0.483 e. The average Bonchev–Trinajstić information content (AvgIpc) is 3.13. The lowest BCUT2D eigenvalue weighted by Crippen LogP contribution is -2.49. The van der Waals surface area contributed by atoms with Crippen LogP contribution in [0.25, 0.3) is 11.1 Å². The number of alkyl halides is 3. The van der Waals surface area contributed by atoms with Gasteiger partial charge >= 0.3 is 6.18 Å². The van der Waals surface area contributed by atoms with Crippen molar-refractivity contribution in [3.05, 3.63) is 111 Å². The van der Waals surface area contributed by atoms with Gasteiger partial charge in [-0.25, -0.2) is 9.07 Å². The average molecular weight is 728 g/mol. The van der Waals surface area contributed by atoms with E-state index in [0.29, 0.717) is 29.8 Å². The Morgan fingerprint density at radius 1 is 1.02 bits per heavy atom. The van der Waals surface area contributed by atoms with Gasteiger partial charge in [-0.2, -0.15) is 23.3 Å². The van der Waals surface area contributed by atoms with Gasteiger partial charge in [-0.1, -0.05) is 74.1 Å². The molecule has 5 rings (SSSR count). The predicted octanol–water partition coefficient (Wildman–Crippen LogP) is 7.09. The molecule has 0 radical (unpaired) electrons. The van der Waals surface area contributed by atoms with Gasteiger partial charge in [0.25, 0.3) is 12.0 Å². The highest BCUT2D eigenvalue weighted by atomic mass is 32.2. The topological polar surface area (TPSA) is 109 Å². The van der Waals surface area contributed by atoms with Gasteiger partial charge in [-0.15, -0.1) is 0 Å². The molecule has 2 heterocycles. The fourth-order valence-electron chi connectivity index (χ4n) is 5.90. The minimum absolute atomic E-state index is 0.0290. The highest BCUT2D eigenvalue weighted by molar-refractivity contribution is 7.98. The lowest BCUT2D eigenvalue weighted by atomic mass is 9.99. The molecule has 51 heavy (non-hydrogen) atoms. The van der Waals surface area contributed by atoms with E-state index >= 15 is 0 Å². The van der Waals surface area contributed by atoms with Crippen molar-refractivity contribution in [3.8, 4) is 11.1 Å². The van der Waals surface area contributed by atoms with Crippen LogP contribution in [0.4, 0.5) is 17.6 Å². The van der Waals surface area contributed by atoms with Crippen molar-refractivity contribution in [2.45, 2.75) is 75.7 Å². The van der Waals surface area contributed by atoms with Crippen molar-refractivity contribution in [1.82, 2.24) is 24.6 Å². The molecule has 1 amide bonds. The SMILES string of the molecule is CCc1nn(C(C)C(=O)N(Cc2ccc(-c3ccc(C(F)(F)F)cc3)cc2)C2CCN(CC)CC2)c(SCc2cccc(F)c2)nc1=O.O=CO. The number of nitrogens with zero attached hydrogens (tertiary/aromatic N) is 5. The van der Waals surface area contributed by atoms with Crippen molar-refractivity contribution in [1.29, 1.82) is 0 Å². The second-order valence-corrected chi connectivity index (χ2v) is 13.0. The first kappa shape index (κ1) is 39.2. The molecule has 0 spiro atoms. The normalized spacial score (nSPS) is 14.3. The van der Waals surface area contributed by atoms with Crippen molar-refractivity contribution in [2.24, 2.45) is 0 Å². The van der Waals surface area contributed by atoms with E-state index in [1.807, 2.05) is 36.1 Å². The molecule has 0 bridgehead atoms. The molecular weight excluding hydrogens is 686 g/mol. The van der Waals surface area contributed by atoms with Gasteiger partial charge in [-0.3, -0.25) is 14.4 Å². The smallest absolute Gasteiger partial charge is 0.416 e. The van der Waals surface area contributed by atoms with E-state index in [1.165, 1.54) is 40.7 Å². The van der Waals surface area contributed by atoms with Crippen molar-refractivity contribution in [2.75, 3.05) is 19.6 Å². The number of halogens is 4. The summed E-state index contributed by atoms with van der Waals surface area (Å²) in [6, 6.07) is 17.9. The molecule has 1 N–H and O–H groups in total. The van der Waals surface area contributed by atoms with E-state index in [4.69, 9.17) is 9.90 Å². The number of aromatic nitrogens is 3. The number of carbonyl (C=O) groups is 2. The third kappa shape index (κ3) is 10.5. The molecule has 1 aliphatic heterocycles. The summed E-state index contributed by atoms with van der Waals surface area (Å²) in [4.78, 5) is 44.1. The molecular formula is C37H41F4N5O4S. The van der Waals surface area contributed by atoms with Gasteiger partial charge in [-0.05, 0) is 79.3 Å². The summed E-state index contributed by atoms with van der Waals surface area (Å²) < 4.78 is 54.5. The number of rotatable bonds is 11. The summed E-state index contributed by atoms with van der Waals surface area (Å²) in [5.41, 5.74) is 2.13. The van der Waals surface area contributed by atoms with Crippen LogP contribution in [0.3, 0.4) is 0 Å². The van der Waals surface area contributed by atoms with E-state index in [9.17, 15) is 27.2 Å². The summed E-state index contributed by atoms with van der Waals surface area (Å²) in [5, 5.41) is 11.8. The molecule has 272 valence electrons. The fourth-order valence-corrected chi connectivity index (χ4v) is 6.85. The number of carboxylic acid groups (broad SMARTS) is 1. The summed E-state index contributed by atoms with van der Waals surface area (Å²) >= 11 is 1.23. The van der Waals surface area contributed by atoms with Crippen LogP contribution in [0.5, 0.6) is 0 Å². The molecule has 1 fully saturated rings. The molecule has 14 heteroatoms. The molecule has 1 saturated heterocycles. The third-order valence-electron chi connectivity index (χ3n) is 8.77. The Morgan fingerprint density at radius 3 is 2.18 bits per heavy atom. The van der Waals surface area contributed by atoms with Gasteiger partial charge in [0.1, 0.15) is 17.6 Å². The van der Waals surface area contributed by atoms with Crippen LogP contribution in [0, 0.1) is 5.82 Å². The van der Waals surface area contributed by atoms with E-state index in [-0.39, 0.29) is 35.1 Å². The number of benzene rings is 3. The molecule has 1 aromatic heterocycles. The first-order valence-electron chi connectivity index (χ1n) is 16.6. The first-order chi connectivity index (χ1) is 24.4. The number of aryl methyl sites for hydroxylation is 1. The quantitative estimate of drug-likeness (QED) is 0.0992. The van der Waals surface area contributed by atoms with Crippen LogP contribution in [0.2, 0.25) is 0 Å². The summed E-state index contributed by atoms with van der Waals surface area (Å²) in [5.74, 6) is -0.189. The van der Waals surface area contributed by atoms with Crippen LogP contribution < -0.4 is 5.56 Å². The number of amides is 1. The van der Waals surface area contributed by atoms with E-state index < -0.39 is 23.3 Å². The van der Waals surface area contributed by atoms with Gasteiger partial charge in [0.15, 0.2) is 5.16 Å². The van der Waals surface area contributed by atoms with Crippen LogP contribution in [0.15, 0.2) is 82.7 Å². The van der Waals surface area contributed by atoms with Crippen molar-refractivity contribution >= 4 is 24.1 Å². The molecule has 3 aromatic carbocycles. The Morgan fingerprint density at radius 2 is 1.63 bits per heavy atom. The van der Waals surface area contributed by atoms with E-state index in [2.05, 4.69) is 21.9 Å². The van der Waals surface area contributed by atoms with Gasteiger partial charge < -0.3 is 14.9 Å². The predicted molar refractivity (Wildman–Crippen MR) is 188 cm³/mol. The molecule has 0 aliphatic carbocycles. The number of hydrogen-bond acceptors (Lipinski definition) is 7. The zero-order valence-electron chi connectivity index (χ0n) is 28.6. The van der Waals surface area contributed by atoms with Crippen LogP contribution in [-0.2, 0) is 34.5 Å². The van der Waals surface area contributed by atoms with E-state index in [0.717, 1.165) is 55.7 Å². The minimum atomic E-state index is -4.40. The van der Waals surface area contributed by atoms with Crippen molar-refractivity contribution < 1.29 is 32.3 Å². The van der Waals surface area contributed by atoms with Crippen LogP contribution >= 0.6 is 11.8 Å². The Kier molecular flexibility index (Phi) is 13.9. The molecule has 9 nitrogen and oxygen atoms in total. The lowest BCUT2D eigenvalue weighted by molar-refractivity contribution is -0.139. The van der Waals surface area contributed by atoms with E-state index in [1.54, 1.807) is 19.1 Å². The second-order valence-electron chi connectivity index (χ2n) is 12.0. The first-order valence-corrected chi connectivity index (χ1v) is 17.6. The maximum absolute atomic E-state index is 14.5. The number of piperidine rings is 1. The number of hydrogen-bond donors (Lipinski definition) is 1. The Labute approximate surface area is 298 Å². The van der Waals surface area contributed by atoms with Gasteiger partial charge in [0.2, 0.25) is 5.91 Å². The number of likely N-dealkylation sites (tertiary alicyclic amines) is 1. The fraction of sp³-hybridized carbons (Fsp3) is 0.378. The van der Waals surface area contributed by atoms with Gasteiger partial charge in [0.05, 0.1) is 5.56 Å². The summed E-state index contributed by atoms with van der Waals surface area (Å²) in [7, 11) is 0. The zero-order valence-corrected chi connectivity index (χ0v) is 29.5. The Hall–Kier alpha value is -4.56. The van der Waals surface area contributed by atoms with Crippen LogP contribution in [-0.4, -0.2) is 67.7 Å². The maximum Gasteiger partial charge on any atom is 0.416 e. The molecule has 0 saturated carbocycles. The summed E-state index contributed by atoms with van der Waals surface area (Å²) in [6.07, 6.45) is -2.45. The van der Waals surface area contributed by atoms with Crippen molar-refractivity contribution in [3.63, 3.8) is 0 Å². The standard InChI is InChI=1S/C36H39F4N5O2S.CH2O2/c1-4-32-33(46)41-35(48-23-26-7-6-8-30(37)21-26)45(42-32)24(3)34(47)44(31-17-19-43(5-2)20-18-31)22-25-9-11-27(12-10-25)28-13-15-29(16-14-28)36(38,39)40;2-1-3/h6-16,21,24,31H,4-5,17-20,22-23H2,1-3H3;1H,(H,2,3). The number of thioether (sulfide) groups is 1. The molecule has 1 atom stereocenters. The minimum Gasteiger partial charge on any atom is -0.483 e. The Bertz CT molecular complexity index is 1810. The second kappa shape index (κ2) is 18.1. The Balaban J connectivity index is 0.00000188. The lowest BCUT2D eigenvalue weighted by Gasteiger charge is -2.39. The molecule has 1 aliphatic rings. The monoisotopic (exact) mass is 727 g/mol. The number of carbonyl (C=O) groups excluding carboxylic acids is 1. The highest BCUT2D eigenvalue weighted by Crippen LogP contribution is 2.32. The highest BCUT2D eigenvalue weighted by Gasteiger charge is 2.33. The third-order valence-corrected chi connectivity index (χ3v) is 9.78. The summed E-state index contributed by atoms with van der Waals surface area (Å²) in [6.45, 7) is 8.41. The molecule has 1 unspecified atom stereocenters. The maximum atomic E-state index is 14.5. The van der Waals surface area contributed by atoms with Gasteiger partial charge in [0, 0.05) is 31.4 Å². The van der Waals surface area contributed by atoms with Crippen LogP contribution in [0.1, 0.15) is 62.0 Å².